The second-order valence-electron chi connectivity index (χ2n) is 7.09. The van der Waals surface area contributed by atoms with Crippen LogP contribution >= 0.6 is 0 Å². The minimum Gasteiger partial charge on any atom is -0.496 e. The van der Waals surface area contributed by atoms with E-state index in [1.54, 1.807) is 18.2 Å². The number of benzene rings is 2. The van der Waals surface area contributed by atoms with Gasteiger partial charge in [-0.15, -0.1) is 0 Å². The average Bonchev–Trinajstić information content (AvgIpc) is 2.85. The van der Waals surface area contributed by atoms with Gasteiger partial charge in [-0.25, -0.2) is 8.42 Å². The number of sulfone groups is 1. The van der Waals surface area contributed by atoms with Gasteiger partial charge in [0.05, 0.1) is 59.7 Å². The van der Waals surface area contributed by atoms with Crippen LogP contribution in [-0.4, -0.2) is 55.9 Å². The van der Waals surface area contributed by atoms with Crippen molar-refractivity contribution in [1.82, 2.24) is 0 Å². The maximum absolute atomic E-state index is 12.8. The zero-order chi connectivity index (χ0) is 26.0. The Kier molecular flexibility index (Phi) is 9.95. The number of esters is 2. The molecule has 0 aliphatic heterocycles. The summed E-state index contributed by atoms with van der Waals surface area (Å²) in [4.78, 5) is 23.3. The van der Waals surface area contributed by atoms with Gasteiger partial charge in [0.2, 0.25) is 0 Å². The predicted molar refractivity (Wildman–Crippen MR) is 128 cm³/mol. The third-order valence-corrected chi connectivity index (χ3v) is 6.06. The Balaban J connectivity index is 2.25. The smallest absolute Gasteiger partial charge is 0.311 e. The van der Waals surface area contributed by atoms with Crippen LogP contribution in [-0.2, 0) is 29.9 Å². The Hall–Kier alpha value is -3.73. The van der Waals surface area contributed by atoms with Gasteiger partial charge in [0, 0.05) is 17.5 Å². The molecule has 0 atom stereocenters. The van der Waals surface area contributed by atoms with Crippen LogP contribution in [0.2, 0.25) is 0 Å². The third kappa shape index (κ3) is 7.92. The highest BCUT2D eigenvalue weighted by Crippen LogP contribution is 2.35. The molecule has 0 radical (unpaired) electrons. The molecule has 2 aromatic carbocycles. The van der Waals surface area contributed by atoms with E-state index in [4.69, 9.17) is 23.7 Å². The Morgan fingerprint density at radius 3 is 1.91 bits per heavy atom. The van der Waals surface area contributed by atoms with E-state index >= 15 is 0 Å². The fraction of sp³-hybridized carbons (Fsp3) is 0.333. The summed E-state index contributed by atoms with van der Waals surface area (Å²) in [6, 6.07) is 7.66. The van der Waals surface area contributed by atoms with Crippen molar-refractivity contribution in [2.45, 2.75) is 18.6 Å². The van der Waals surface area contributed by atoms with Crippen molar-refractivity contribution in [1.29, 1.82) is 0 Å². The summed E-state index contributed by atoms with van der Waals surface area (Å²) in [5.41, 5.74) is 0.786. The number of carbonyl (C=O) groups excluding carboxylic acids is 2. The van der Waals surface area contributed by atoms with Crippen molar-refractivity contribution in [2.75, 3.05) is 35.5 Å². The molecule has 190 valence electrons. The Morgan fingerprint density at radius 1 is 0.771 bits per heavy atom. The van der Waals surface area contributed by atoms with Gasteiger partial charge >= 0.3 is 11.9 Å². The summed E-state index contributed by atoms with van der Waals surface area (Å²) in [7, 11) is 3.24. The van der Waals surface area contributed by atoms with Gasteiger partial charge in [0.1, 0.15) is 17.2 Å². The van der Waals surface area contributed by atoms with Gasteiger partial charge < -0.3 is 28.4 Å². The second-order valence-corrected chi connectivity index (χ2v) is 8.98. The number of hydrogen-bond acceptors (Lipinski definition) is 10. The molecule has 0 aliphatic carbocycles. The van der Waals surface area contributed by atoms with Gasteiger partial charge in [0.15, 0.2) is 21.3 Å². The van der Waals surface area contributed by atoms with Crippen LogP contribution in [0.4, 0.5) is 0 Å². The highest BCUT2D eigenvalue weighted by molar-refractivity contribution is 7.93. The fourth-order valence-corrected chi connectivity index (χ4v) is 4.10. The molecule has 0 aliphatic rings. The summed E-state index contributed by atoms with van der Waals surface area (Å²) < 4.78 is 56.4. The van der Waals surface area contributed by atoms with Crippen LogP contribution in [0.25, 0.3) is 6.08 Å². The molecule has 0 saturated heterocycles. The molecule has 2 aromatic rings. The van der Waals surface area contributed by atoms with Crippen molar-refractivity contribution < 1.29 is 46.4 Å². The molecule has 35 heavy (non-hydrogen) atoms. The number of rotatable bonds is 12. The first kappa shape index (κ1) is 27.5. The molecule has 0 aromatic heterocycles. The van der Waals surface area contributed by atoms with Crippen molar-refractivity contribution in [3.63, 3.8) is 0 Å². The van der Waals surface area contributed by atoms with Gasteiger partial charge in [-0.1, -0.05) is 6.07 Å². The average molecular weight is 509 g/mol. The lowest BCUT2D eigenvalue weighted by molar-refractivity contribution is -0.144. The lowest BCUT2D eigenvalue weighted by atomic mass is 10.1. The molecule has 10 nitrogen and oxygen atoms in total. The molecule has 0 saturated carbocycles. The quantitative estimate of drug-likeness (QED) is 0.312. The number of hydrogen-bond donors (Lipinski definition) is 0. The molecule has 2 rings (SSSR count). The van der Waals surface area contributed by atoms with Gasteiger partial charge in [-0.05, 0) is 23.8 Å². The number of carbonyl (C=O) groups is 2. The van der Waals surface area contributed by atoms with Crippen molar-refractivity contribution in [3.05, 3.63) is 46.9 Å². The van der Waals surface area contributed by atoms with Crippen LogP contribution in [0.5, 0.6) is 28.7 Å². The van der Waals surface area contributed by atoms with Crippen molar-refractivity contribution in [2.24, 2.45) is 0 Å². The first-order valence-electron chi connectivity index (χ1n) is 10.3. The van der Waals surface area contributed by atoms with Crippen molar-refractivity contribution in [3.8, 4) is 28.7 Å². The minimum absolute atomic E-state index is 0.0394. The molecule has 11 heteroatoms. The van der Waals surface area contributed by atoms with Crippen LogP contribution < -0.4 is 23.7 Å². The lowest BCUT2D eigenvalue weighted by Gasteiger charge is -2.13. The van der Waals surface area contributed by atoms with E-state index in [2.05, 4.69) is 4.74 Å². The molecule has 0 unspecified atom stereocenters. The van der Waals surface area contributed by atoms with E-state index in [0.717, 1.165) is 5.41 Å². The largest absolute Gasteiger partial charge is 0.496 e. The Morgan fingerprint density at radius 2 is 1.37 bits per heavy atom. The number of methoxy groups -OCH3 is 5. The molecular formula is C24H28O10S. The van der Waals surface area contributed by atoms with E-state index in [9.17, 15) is 18.0 Å². The predicted octanol–water partition coefficient (Wildman–Crippen LogP) is 3.17. The van der Waals surface area contributed by atoms with Crippen LogP contribution in [0.15, 0.2) is 35.7 Å². The Labute approximate surface area is 204 Å². The van der Waals surface area contributed by atoms with Gasteiger partial charge in [-0.3, -0.25) is 9.59 Å². The van der Waals surface area contributed by atoms with E-state index in [1.165, 1.54) is 53.8 Å². The van der Waals surface area contributed by atoms with Crippen LogP contribution in [0.3, 0.4) is 0 Å². The topological polar surface area (TPSA) is 124 Å². The summed E-state index contributed by atoms with van der Waals surface area (Å²) in [5, 5.41) is 1.05. The van der Waals surface area contributed by atoms with Gasteiger partial charge in [0.25, 0.3) is 0 Å². The third-order valence-electron chi connectivity index (χ3n) is 4.78. The molecule has 0 heterocycles. The second kappa shape index (κ2) is 12.7. The molecule has 0 bridgehead atoms. The highest BCUT2D eigenvalue weighted by atomic mass is 32.2. The summed E-state index contributed by atoms with van der Waals surface area (Å²) in [5.74, 6) is -0.0977. The summed E-state index contributed by atoms with van der Waals surface area (Å²) >= 11 is 0. The Bertz CT molecular complexity index is 1160. The van der Waals surface area contributed by atoms with E-state index in [1.807, 2.05) is 0 Å². The number of ether oxygens (including phenoxy) is 6. The maximum atomic E-state index is 12.8. The molecule has 0 amide bonds. The molecule has 0 fully saturated rings. The first-order chi connectivity index (χ1) is 16.7. The standard InChI is InChI=1S/C24H28O10S/c1-29-17-13-20(31-3)18(21(14-17)32-4)10-11-35(27,28)15-16-6-7-19(30-2)22(12-16)34-24(26)9-8-23(25)33-5/h6-7,10-14H,8-9,15H2,1-5H3/b11-10+. The van der Waals surface area contributed by atoms with E-state index in [-0.39, 0.29) is 30.1 Å². The monoisotopic (exact) mass is 508 g/mol. The molecule has 0 spiro atoms. The van der Waals surface area contributed by atoms with Crippen molar-refractivity contribution >= 4 is 27.9 Å². The highest BCUT2D eigenvalue weighted by Gasteiger charge is 2.17. The molecule has 0 N–H and O–H groups in total. The van der Waals surface area contributed by atoms with Gasteiger partial charge in [-0.2, -0.15) is 0 Å². The van der Waals surface area contributed by atoms with Crippen LogP contribution in [0, 0.1) is 0 Å². The normalized spacial score (nSPS) is 11.1. The van der Waals surface area contributed by atoms with Crippen LogP contribution in [0.1, 0.15) is 24.0 Å². The fourth-order valence-electron chi connectivity index (χ4n) is 3.02. The first-order valence-corrected chi connectivity index (χ1v) is 12.0. The lowest BCUT2D eigenvalue weighted by Crippen LogP contribution is -2.12. The summed E-state index contributed by atoms with van der Waals surface area (Å²) in [6.45, 7) is 0. The maximum Gasteiger partial charge on any atom is 0.311 e. The zero-order valence-electron chi connectivity index (χ0n) is 20.2. The summed E-state index contributed by atoms with van der Waals surface area (Å²) in [6.07, 6.45) is 1.03. The van der Waals surface area contributed by atoms with E-state index < -0.39 is 21.8 Å². The van der Waals surface area contributed by atoms with E-state index in [0.29, 0.717) is 28.4 Å². The SMILES string of the molecule is COC(=O)CCC(=O)Oc1cc(CS(=O)(=O)/C=C/c2c(OC)cc(OC)cc2OC)ccc1OC. The minimum atomic E-state index is -3.75. The zero-order valence-corrected chi connectivity index (χ0v) is 21.0. The molecular weight excluding hydrogens is 480 g/mol.